The lowest BCUT2D eigenvalue weighted by Crippen LogP contribution is -2.28. The quantitative estimate of drug-likeness (QED) is 0.576. The number of amides is 2. The van der Waals surface area contributed by atoms with Gasteiger partial charge in [0.1, 0.15) is 0 Å². The van der Waals surface area contributed by atoms with Crippen LogP contribution in [-0.4, -0.2) is 58.3 Å². The second kappa shape index (κ2) is 9.09. The fourth-order valence-electron chi connectivity index (χ4n) is 2.80. The molecule has 0 unspecified atom stereocenters. The van der Waals surface area contributed by atoms with E-state index in [4.69, 9.17) is 0 Å². The molecule has 3 aromatic rings. The van der Waals surface area contributed by atoms with Crippen molar-refractivity contribution in [1.29, 1.82) is 0 Å². The lowest BCUT2D eigenvalue weighted by atomic mass is 10.3. The lowest BCUT2D eigenvalue weighted by Gasteiger charge is -2.09. The average Bonchev–Trinajstić information content (AvgIpc) is 3.10. The molecule has 0 spiro atoms. The standard InChI is InChI=1S/C20H24N6O2/c1-25(2)12-7-11-22-19(27)17-16-9-4-6-13-26(16)18(24-17)20(28)23-14-15-8-3-5-10-21-15/h3-6,8-10,13H,7,11-12,14H2,1-2H3,(H,22,27)(H,23,28). The number of hydrogen-bond acceptors (Lipinski definition) is 5. The number of aromatic nitrogens is 3. The Kier molecular flexibility index (Phi) is 6.33. The van der Waals surface area contributed by atoms with Crippen LogP contribution in [0.1, 0.15) is 33.2 Å². The molecule has 28 heavy (non-hydrogen) atoms. The highest BCUT2D eigenvalue weighted by atomic mass is 16.2. The first-order chi connectivity index (χ1) is 13.6. The van der Waals surface area contributed by atoms with E-state index in [1.54, 1.807) is 28.9 Å². The van der Waals surface area contributed by atoms with Crippen molar-refractivity contribution >= 4 is 17.3 Å². The summed E-state index contributed by atoms with van der Waals surface area (Å²) in [4.78, 5) is 35.8. The zero-order valence-electron chi connectivity index (χ0n) is 16.1. The monoisotopic (exact) mass is 380 g/mol. The van der Waals surface area contributed by atoms with Gasteiger partial charge in [-0.2, -0.15) is 0 Å². The fourth-order valence-corrected chi connectivity index (χ4v) is 2.80. The summed E-state index contributed by atoms with van der Waals surface area (Å²) in [6.07, 6.45) is 4.23. The first-order valence-corrected chi connectivity index (χ1v) is 9.14. The Bertz CT molecular complexity index is 952. The van der Waals surface area contributed by atoms with E-state index in [0.717, 1.165) is 18.7 Å². The second-order valence-electron chi connectivity index (χ2n) is 6.66. The van der Waals surface area contributed by atoms with Gasteiger partial charge < -0.3 is 15.5 Å². The number of fused-ring (bicyclic) bond motifs is 1. The molecule has 0 aliphatic heterocycles. The highest BCUT2D eigenvalue weighted by Gasteiger charge is 2.21. The van der Waals surface area contributed by atoms with E-state index in [1.165, 1.54) is 0 Å². The number of nitrogens with one attached hydrogen (secondary N) is 2. The molecule has 0 saturated heterocycles. The average molecular weight is 380 g/mol. The summed E-state index contributed by atoms with van der Waals surface area (Å²) in [6, 6.07) is 10.9. The predicted octanol–water partition coefficient (Wildman–Crippen LogP) is 1.34. The maximum atomic E-state index is 12.6. The molecule has 3 aromatic heterocycles. The number of hydrogen-bond donors (Lipinski definition) is 2. The van der Waals surface area contributed by atoms with Crippen LogP contribution >= 0.6 is 0 Å². The molecule has 146 valence electrons. The van der Waals surface area contributed by atoms with Crippen molar-refractivity contribution in [3.05, 3.63) is 66.0 Å². The normalized spacial score (nSPS) is 11.0. The molecule has 0 fully saturated rings. The molecule has 8 heteroatoms. The molecule has 0 radical (unpaired) electrons. The Balaban J connectivity index is 1.74. The fraction of sp³-hybridized carbons (Fsp3) is 0.300. The van der Waals surface area contributed by atoms with Crippen LogP contribution in [0.15, 0.2) is 48.8 Å². The highest BCUT2D eigenvalue weighted by Crippen LogP contribution is 2.13. The van der Waals surface area contributed by atoms with Crippen LogP contribution in [-0.2, 0) is 6.54 Å². The first kappa shape index (κ1) is 19.5. The van der Waals surface area contributed by atoms with Crippen LogP contribution in [0, 0.1) is 0 Å². The van der Waals surface area contributed by atoms with Crippen molar-refractivity contribution in [2.75, 3.05) is 27.2 Å². The maximum Gasteiger partial charge on any atom is 0.288 e. The molecule has 0 saturated carbocycles. The second-order valence-corrected chi connectivity index (χ2v) is 6.66. The summed E-state index contributed by atoms with van der Waals surface area (Å²) in [5.41, 5.74) is 1.58. The van der Waals surface area contributed by atoms with Crippen molar-refractivity contribution in [3.63, 3.8) is 0 Å². The van der Waals surface area contributed by atoms with Crippen LogP contribution in [0.25, 0.3) is 5.52 Å². The zero-order valence-corrected chi connectivity index (χ0v) is 16.1. The van der Waals surface area contributed by atoms with Gasteiger partial charge in [0, 0.05) is 18.9 Å². The van der Waals surface area contributed by atoms with Crippen LogP contribution in [0.5, 0.6) is 0 Å². The molecular weight excluding hydrogens is 356 g/mol. The van der Waals surface area contributed by atoms with Gasteiger partial charge in [-0.1, -0.05) is 12.1 Å². The summed E-state index contributed by atoms with van der Waals surface area (Å²) in [5.74, 6) is -0.477. The smallest absolute Gasteiger partial charge is 0.288 e. The maximum absolute atomic E-state index is 12.6. The number of pyridine rings is 2. The van der Waals surface area contributed by atoms with Crippen LogP contribution in [0.2, 0.25) is 0 Å². The molecule has 8 nitrogen and oxygen atoms in total. The number of imidazole rings is 1. The van der Waals surface area contributed by atoms with E-state index >= 15 is 0 Å². The van der Waals surface area contributed by atoms with Gasteiger partial charge in [0.25, 0.3) is 11.8 Å². The van der Waals surface area contributed by atoms with Crippen molar-refractivity contribution < 1.29 is 9.59 Å². The van der Waals surface area contributed by atoms with Crippen molar-refractivity contribution in [3.8, 4) is 0 Å². The molecular formula is C20H24N6O2. The van der Waals surface area contributed by atoms with Crippen LogP contribution in [0.3, 0.4) is 0 Å². The molecule has 2 amide bonds. The predicted molar refractivity (Wildman–Crippen MR) is 106 cm³/mol. The minimum Gasteiger partial charge on any atom is -0.351 e. The topological polar surface area (TPSA) is 91.6 Å². The summed E-state index contributed by atoms with van der Waals surface area (Å²) >= 11 is 0. The molecule has 0 bridgehead atoms. The molecule has 0 aliphatic rings. The minimum atomic E-state index is -0.362. The molecule has 0 aromatic carbocycles. The molecule has 3 rings (SSSR count). The van der Waals surface area contributed by atoms with E-state index in [9.17, 15) is 9.59 Å². The number of rotatable bonds is 8. The zero-order chi connectivity index (χ0) is 19.9. The van der Waals surface area contributed by atoms with Gasteiger partial charge in [-0.15, -0.1) is 0 Å². The third kappa shape index (κ3) is 4.72. The largest absolute Gasteiger partial charge is 0.351 e. The Labute approximate surface area is 163 Å². The first-order valence-electron chi connectivity index (χ1n) is 9.14. The SMILES string of the molecule is CN(C)CCCNC(=O)c1nc(C(=O)NCc2ccccn2)n2ccccc12. The van der Waals surface area contributed by atoms with E-state index in [-0.39, 0.29) is 29.9 Å². The summed E-state index contributed by atoms with van der Waals surface area (Å²) in [7, 11) is 3.97. The van der Waals surface area contributed by atoms with E-state index in [2.05, 4.69) is 25.5 Å². The van der Waals surface area contributed by atoms with Gasteiger partial charge in [0.15, 0.2) is 5.69 Å². The molecule has 0 atom stereocenters. The summed E-state index contributed by atoms with van der Waals surface area (Å²) < 4.78 is 1.63. The van der Waals surface area contributed by atoms with Gasteiger partial charge in [-0.3, -0.25) is 19.0 Å². The Morgan fingerprint density at radius 3 is 2.64 bits per heavy atom. The van der Waals surface area contributed by atoms with Crippen LogP contribution in [0.4, 0.5) is 0 Å². The van der Waals surface area contributed by atoms with Gasteiger partial charge in [0.2, 0.25) is 5.82 Å². The molecule has 0 aliphatic carbocycles. The van der Waals surface area contributed by atoms with E-state index < -0.39 is 0 Å². The van der Waals surface area contributed by atoms with Gasteiger partial charge in [-0.25, -0.2) is 4.98 Å². The van der Waals surface area contributed by atoms with Crippen molar-refractivity contribution in [1.82, 2.24) is 29.9 Å². The van der Waals surface area contributed by atoms with E-state index in [0.29, 0.717) is 12.1 Å². The Morgan fingerprint density at radius 1 is 1.07 bits per heavy atom. The Morgan fingerprint density at radius 2 is 1.89 bits per heavy atom. The highest BCUT2D eigenvalue weighted by molar-refractivity contribution is 6.02. The van der Waals surface area contributed by atoms with Crippen LogP contribution < -0.4 is 10.6 Å². The third-order valence-electron chi connectivity index (χ3n) is 4.19. The van der Waals surface area contributed by atoms with E-state index in [1.807, 2.05) is 38.4 Å². The lowest BCUT2D eigenvalue weighted by molar-refractivity contribution is 0.0939. The third-order valence-corrected chi connectivity index (χ3v) is 4.19. The van der Waals surface area contributed by atoms with Gasteiger partial charge in [-0.05, 0) is 51.3 Å². The van der Waals surface area contributed by atoms with Crippen molar-refractivity contribution in [2.24, 2.45) is 0 Å². The van der Waals surface area contributed by atoms with Gasteiger partial charge >= 0.3 is 0 Å². The minimum absolute atomic E-state index is 0.171. The van der Waals surface area contributed by atoms with Crippen molar-refractivity contribution in [2.45, 2.75) is 13.0 Å². The number of nitrogens with zero attached hydrogens (tertiary/aromatic N) is 4. The Hall–Kier alpha value is -3.26. The number of carbonyl (C=O) groups is 2. The van der Waals surface area contributed by atoms with Gasteiger partial charge in [0.05, 0.1) is 17.8 Å². The number of carbonyl (C=O) groups excluding carboxylic acids is 2. The molecule has 3 heterocycles. The summed E-state index contributed by atoms with van der Waals surface area (Å²) in [6.45, 7) is 1.71. The summed E-state index contributed by atoms with van der Waals surface area (Å²) in [5, 5.41) is 5.68. The molecule has 2 N–H and O–H groups in total.